The van der Waals surface area contributed by atoms with E-state index in [2.05, 4.69) is 48.2 Å². The molecule has 10 heteroatoms. The van der Waals surface area contributed by atoms with E-state index in [1.165, 1.54) is 6.08 Å². The van der Waals surface area contributed by atoms with Crippen LogP contribution < -0.4 is 15.5 Å². The molecule has 1 saturated heterocycles. The molecule has 1 aromatic carbocycles. The summed E-state index contributed by atoms with van der Waals surface area (Å²) in [6.45, 7) is 4.81. The summed E-state index contributed by atoms with van der Waals surface area (Å²) in [7, 11) is 0. The molecule has 0 aliphatic carbocycles. The average Bonchev–Trinajstić information content (AvgIpc) is 3.27. The highest BCUT2D eigenvalue weighted by molar-refractivity contribution is 6.01. The van der Waals surface area contributed by atoms with Gasteiger partial charge in [0.05, 0.1) is 11.8 Å². The summed E-state index contributed by atoms with van der Waals surface area (Å²) in [4.78, 5) is 30.6. The predicted molar refractivity (Wildman–Crippen MR) is 121 cm³/mol. The fourth-order valence-corrected chi connectivity index (χ4v) is 3.31. The second kappa shape index (κ2) is 10.5. The first-order valence-electron chi connectivity index (χ1n) is 9.64. The second-order valence-electron chi connectivity index (χ2n) is 6.78. The quantitative estimate of drug-likeness (QED) is 0.315. The van der Waals surface area contributed by atoms with Crippen molar-refractivity contribution < 1.29 is 14.7 Å². The maximum absolute atomic E-state index is 11.5. The number of aromatic nitrogens is 4. The summed E-state index contributed by atoms with van der Waals surface area (Å²) in [5.41, 5.74) is 1.34. The van der Waals surface area contributed by atoms with E-state index in [1.807, 2.05) is 18.2 Å². The van der Waals surface area contributed by atoms with Crippen molar-refractivity contribution >= 4 is 40.6 Å². The Kier molecular flexibility index (Phi) is 7.27. The monoisotopic (exact) mass is 431 g/mol. The second-order valence-corrected chi connectivity index (χ2v) is 6.78. The van der Waals surface area contributed by atoms with Crippen molar-refractivity contribution in [2.45, 2.75) is 12.5 Å². The van der Waals surface area contributed by atoms with Crippen LogP contribution in [0.3, 0.4) is 0 Å². The lowest BCUT2D eigenvalue weighted by Crippen LogP contribution is -2.27. The van der Waals surface area contributed by atoms with Gasteiger partial charge in [-0.1, -0.05) is 12.5 Å². The zero-order valence-electron chi connectivity index (χ0n) is 17.1. The summed E-state index contributed by atoms with van der Waals surface area (Å²) < 4.78 is 0. The molecule has 2 aromatic heterocycles. The van der Waals surface area contributed by atoms with Crippen molar-refractivity contribution in [1.82, 2.24) is 20.2 Å². The highest BCUT2D eigenvalue weighted by Crippen LogP contribution is 2.29. The van der Waals surface area contributed by atoms with Crippen molar-refractivity contribution in [3.63, 3.8) is 0 Å². The fraction of sp³-hybridized carbons (Fsp3) is 0.182. The van der Waals surface area contributed by atoms with Crippen molar-refractivity contribution in [2.24, 2.45) is 0 Å². The summed E-state index contributed by atoms with van der Waals surface area (Å²) in [5.74, 6) is 3.63. The minimum absolute atomic E-state index is 0.190. The van der Waals surface area contributed by atoms with Crippen LogP contribution >= 0.6 is 0 Å². The van der Waals surface area contributed by atoms with Crippen LogP contribution in [0.15, 0.2) is 49.4 Å². The molecule has 1 amide bonds. The molecule has 0 saturated carbocycles. The van der Waals surface area contributed by atoms with Gasteiger partial charge >= 0.3 is 0 Å². The number of carbonyl (C=O) groups is 2. The smallest absolute Gasteiger partial charge is 0.290 e. The standard InChI is InChI=1S/C21H19N7O.CH2O2/c1-3-14-10-22-21(23-11-14)26-17-7-8-28(13-17)20-18-6-5-16(25-19(29)4-2)9-15(18)12-24-27-20;2-1-3/h1,4-6,9-12,17H,2,7-8,13H2,(H,25,29)(H,22,23,26);1H,(H,2,3). The third kappa shape index (κ3) is 5.34. The zero-order valence-corrected chi connectivity index (χ0v) is 17.1. The lowest BCUT2D eigenvalue weighted by Gasteiger charge is -2.19. The molecule has 0 bridgehead atoms. The van der Waals surface area contributed by atoms with E-state index in [9.17, 15) is 4.79 Å². The van der Waals surface area contributed by atoms with Gasteiger partial charge in [-0.25, -0.2) is 9.97 Å². The van der Waals surface area contributed by atoms with Crippen LogP contribution in [0.25, 0.3) is 10.8 Å². The van der Waals surface area contributed by atoms with E-state index in [0.29, 0.717) is 17.2 Å². The van der Waals surface area contributed by atoms with E-state index in [0.717, 1.165) is 36.1 Å². The third-order valence-electron chi connectivity index (χ3n) is 4.73. The highest BCUT2D eigenvalue weighted by Gasteiger charge is 2.25. The molecule has 4 rings (SSSR count). The maximum atomic E-state index is 11.5. The number of hydrogen-bond acceptors (Lipinski definition) is 8. The Balaban J connectivity index is 0.000000913. The molecular formula is C22H21N7O3. The van der Waals surface area contributed by atoms with E-state index in [-0.39, 0.29) is 18.4 Å². The molecule has 1 aliphatic rings. The number of rotatable bonds is 5. The first-order valence-corrected chi connectivity index (χ1v) is 9.64. The summed E-state index contributed by atoms with van der Waals surface area (Å²) in [5, 5.41) is 23.4. The topological polar surface area (TPSA) is 133 Å². The number of carbonyl (C=O) groups excluding carboxylic acids is 1. The van der Waals surface area contributed by atoms with Gasteiger partial charge in [0.2, 0.25) is 11.9 Å². The molecule has 162 valence electrons. The minimum Gasteiger partial charge on any atom is -0.483 e. The van der Waals surface area contributed by atoms with Gasteiger partial charge in [0.25, 0.3) is 6.47 Å². The Morgan fingerprint density at radius 3 is 2.75 bits per heavy atom. The molecule has 1 fully saturated rings. The first-order chi connectivity index (χ1) is 15.6. The third-order valence-corrected chi connectivity index (χ3v) is 4.73. The van der Waals surface area contributed by atoms with Crippen molar-refractivity contribution in [3.05, 3.63) is 55.0 Å². The number of amides is 1. The average molecular weight is 431 g/mol. The molecule has 0 radical (unpaired) electrons. The van der Waals surface area contributed by atoms with E-state index in [1.54, 1.807) is 18.6 Å². The number of nitrogens with one attached hydrogen (secondary N) is 2. The Hall–Kier alpha value is -4.52. The zero-order chi connectivity index (χ0) is 22.9. The number of terminal acetylenes is 1. The molecular weight excluding hydrogens is 410 g/mol. The van der Waals surface area contributed by atoms with Crippen LogP contribution in [0, 0.1) is 12.3 Å². The van der Waals surface area contributed by atoms with Crippen molar-refractivity contribution in [2.75, 3.05) is 28.6 Å². The lowest BCUT2D eigenvalue weighted by atomic mass is 10.1. The number of fused-ring (bicyclic) bond motifs is 1. The summed E-state index contributed by atoms with van der Waals surface area (Å²) in [6, 6.07) is 5.86. The van der Waals surface area contributed by atoms with Crippen LogP contribution in [-0.4, -0.2) is 56.8 Å². The molecule has 0 spiro atoms. The van der Waals surface area contributed by atoms with Crippen LogP contribution in [0.2, 0.25) is 0 Å². The van der Waals surface area contributed by atoms with Crippen molar-refractivity contribution in [3.8, 4) is 12.3 Å². The summed E-state index contributed by atoms with van der Waals surface area (Å²) >= 11 is 0. The Labute approximate surface area is 184 Å². The molecule has 3 aromatic rings. The molecule has 1 atom stereocenters. The maximum Gasteiger partial charge on any atom is 0.290 e. The number of anilines is 3. The number of nitrogens with zero attached hydrogens (tertiary/aromatic N) is 5. The van der Waals surface area contributed by atoms with Gasteiger partial charge < -0.3 is 20.6 Å². The van der Waals surface area contributed by atoms with Gasteiger partial charge in [-0.05, 0) is 30.7 Å². The normalized spacial score (nSPS) is 14.6. The van der Waals surface area contributed by atoms with E-state index < -0.39 is 0 Å². The van der Waals surface area contributed by atoms with Gasteiger partial charge in [0, 0.05) is 48.0 Å². The Morgan fingerprint density at radius 2 is 2.06 bits per heavy atom. The molecule has 3 heterocycles. The Morgan fingerprint density at radius 1 is 1.31 bits per heavy atom. The largest absolute Gasteiger partial charge is 0.483 e. The predicted octanol–water partition coefficient (Wildman–Crippen LogP) is 1.92. The SMILES string of the molecule is C#Cc1cnc(NC2CCN(c3nncc4cc(NC(=O)C=C)ccc34)C2)nc1.O=CO. The van der Waals surface area contributed by atoms with Crippen molar-refractivity contribution in [1.29, 1.82) is 0 Å². The Bertz CT molecular complexity index is 1160. The number of benzene rings is 1. The van der Waals surface area contributed by atoms with Gasteiger partial charge in [-0.2, -0.15) is 5.10 Å². The van der Waals surface area contributed by atoms with Crippen LogP contribution in [0.1, 0.15) is 12.0 Å². The van der Waals surface area contributed by atoms with Gasteiger partial charge in [-0.3, -0.25) is 9.59 Å². The molecule has 10 nitrogen and oxygen atoms in total. The van der Waals surface area contributed by atoms with Crippen LogP contribution in [-0.2, 0) is 9.59 Å². The number of carboxylic acid groups (broad SMARTS) is 1. The molecule has 1 aliphatic heterocycles. The van der Waals surface area contributed by atoms with Gasteiger partial charge in [0.15, 0.2) is 5.82 Å². The lowest BCUT2D eigenvalue weighted by molar-refractivity contribution is -0.122. The highest BCUT2D eigenvalue weighted by atomic mass is 16.3. The fourth-order valence-electron chi connectivity index (χ4n) is 3.31. The number of hydrogen-bond donors (Lipinski definition) is 3. The van der Waals surface area contributed by atoms with E-state index in [4.69, 9.17) is 16.3 Å². The summed E-state index contributed by atoms with van der Waals surface area (Å²) in [6.07, 6.45) is 12.4. The molecule has 1 unspecified atom stereocenters. The molecule has 3 N–H and O–H groups in total. The molecule has 32 heavy (non-hydrogen) atoms. The van der Waals surface area contributed by atoms with Crippen LogP contribution in [0.5, 0.6) is 0 Å². The van der Waals surface area contributed by atoms with Gasteiger partial charge in [0.1, 0.15) is 0 Å². The van der Waals surface area contributed by atoms with Gasteiger partial charge in [-0.15, -0.1) is 11.5 Å². The van der Waals surface area contributed by atoms with Crippen LogP contribution in [0.4, 0.5) is 17.5 Å². The van der Waals surface area contributed by atoms with E-state index >= 15 is 0 Å². The minimum atomic E-state index is -0.252. The first kappa shape index (κ1) is 22.2.